The van der Waals surface area contributed by atoms with Crippen LogP contribution in [0.25, 0.3) is 0 Å². The van der Waals surface area contributed by atoms with E-state index in [9.17, 15) is 9.59 Å². The van der Waals surface area contributed by atoms with Crippen LogP contribution in [0.5, 0.6) is 0 Å². The summed E-state index contributed by atoms with van der Waals surface area (Å²) < 4.78 is 1.00. The van der Waals surface area contributed by atoms with Crippen molar-refractivity contribution in [2.75, 3.05) is 6.54 Å². The molecule has 0 saturated heterocycles. The van der Waals surface area contributed by atoms with Crippen LogP contribution in [0, 0.1) is 0 Å². The number of carbonyl (C=O) groups excluding carboxylic acids is 2. The normalized spacial score (nSPS) is 25.3. The van der Waals surface area contributed by atoms with Crippen molar-refractivity contribution in [3.63, 3.8) is 0 Å². The Labute approximate surface area is 155 Å². The molecule has 1 aliphatic carbocycles. The SMILES string of the molecule is O=C1C=C2C=C3CCN=C(C(=O)Cc4ccc(Br)cc4)C3NC2CC1. The molecule has 2 aliphatic heterocycles. The summed E-state index contributed by atoms with van der Waals surface area (Å²) in [4.78, 5) is 29.1. The van der Waals surface area contributed by atoms with Crippen LogP contribution in [0.1, 0.15) is 24.8 Å². The van der Waals surface area contributed by atoms with Gasteiger partial charge in [0.1, 0.15) is 0 Å². The number of fused-ring (bicyclic) bond motifs is 2. The minimum atomic E-state index is -0.105. The van der Waals surface area contributed by atoms with E-state index in [0.29, 0.717) is 25.1 Å². The zero-order valence-corrected chi connectivity index (χ0v) is 15.4. The highest BCUT2D eigenvalue weighted by atomic mass is 79.9. The van der Waals surface area contributed by atoms with Gasteiger partial charge in [0.25, 0.3) is 0 Å². The van der Waals surface area contributed by atoms with Crippen LogP contribution < -0.4 is 5.32 Å². The molecule has 2 unspecified atom stereocenters. The second-order valence-electron chi connectivity index (χ2n) is 6.76. The third kappa shape index (κ3) is 3.44. The lowest BCUT2D eigenvalue weighted by Gasteiger charge is -2.37. The molecule has 0 radical (unpaired) electrons. The zero-order valence-electron chi connectivity index (χ0n) is 13.8. The Morgan fingerprint density at radius 1 is 1.20 bits per heavy atom. The van der Waals surface area contributed by atoms with Crippen molar-refractivity contribution in [1.29, 1.82) is 0 Å². The number of carbonyl (C=O) groups is 2. The molecule has 1 aromatic carbocycles. The van der Waals surface area contributed by atoms with Crippen molar-refractivity contribution in [2.45, 2.75) is 37.8 Å². The van der Waals surface area contributed by atoms with Crippen LogP contribution in [0.3, 0.4) is 0 Å². The number of benzene rings is 1. The molecule has 1 aromatic rings. The predicted molar refractivity (Wildman–Crippen MR) is 101 cm³/mol. The second kappa shape index (κ2) is 6.81. The van der Waals surface area contributed by atoms with Gasteiger partial charge in [-0.2, -0.15) is 0 Å². The van der Waals surface area contributed by atoms with Gasteiger partial charge in [-0.3, -0.25) is 19.9 Å². The Hall–Kier alpha value is -1.85. The summed E-state index contributed by atoms with van der Waals surface area (Å²) in [6.45, 7) is 0.636. The molecule has 3 aliphatic rings. The number of halogens is 1. The Morgan fingerprint density at radius 3 is 2.80 bits per heavy atom. The van der Waals surface area contributed by atoms with Crippen molar-refractivity contribution >= 4 is 33.2 Å². The fourth-order valence-corrected chi connectivity index (χ4v) is 4.00. The molecule has 0 aromatic heterocycles. The topological polar surface area (TPSA) is 58.5 Å². The van der Waals surface area contributed by atoms with Gasteiger partial charge in [0.05, 0.1) is 11.8 Å². The van der Waals surface area contributed by atoms with Gasteiger partial charge in [-0.05, 0) is 47.8 Å². The molecule has 4 nitrogen and oxygen atoms in total. The summed E-state index contributed by atoms with van der Waals surface area (Å²) in [5.41, 5.74) is 3.86. The molecule has 1 N–H and O–H groups in total. The Bertz CT molecular complexity index is 821. The lowest BCUT2D eigenvalue weighted by atomic mass is 9.81. The van der Waals surface area contributed by atoms with Crippen molar-refractivity contribution in [3.8, 4) is 0 Å². The van der Waals surface area contributed by atoms with Crippen LogP contribution in [-0.4, -0.2) is 35.9 Å². The molecule has 2 atom stereocenters. The number of rotatable bonds is 3. The van der Waals surface area contributed by atoms with Crippen LogP contribution >= 0.6 is 15.9 Å². The number of Topliss-reactive ketones (excluding diaryl/α,β-unsaturated/α-hetero) is 1. The average Bonchev–Trinajstić information content (AvgIpc) is 2.61. The third-order valence-electron chi connectivity index (χ3n) is 5.02. The highest BCUT2D eigenvalue weighted by molar-refractivity contribution is 9.10. The number of allylic oxidation sites excluding steroid dienone is 1. The highest BCUT2D eigenvalue weighted by Crippen LogP contribution is 2.29. The largest absolute Gasteiger partial charge is 0.298 e. The molecule has 0 amide bonds. The molecule has 0 spiro atoms. The van der Waals surface area contributed by atoms with Gasteiger partial charge >= 0.3 is 0 Å². The lowest BCUT2D eigenvalue weighted by molar-refractivity contribution is -0.115. The monoisotopic (exact) mass is 398 g/mol. The number of hydrogen-bond donors (Lipinski definition) is 1. The van der Waals surface area contributed by atoms with Gasteiger partial charge < -0.3 is 0 Å². The highest BCUT2D eigenvalue weighted by Gasteiger charge is 2.35. The van der Waals surface area contributed by atoms with Gasteiger partial charge in [-0.25, -0.2) is 0 Å². The van der Waals surface area contributed by atoms with E-state index in [2.05, 4.69) is 32.3 Å². The van der Waals surface area contributed by atoms with Crippen LogP contribution in [0.2, 0.25) is 0 Å². The molecule has 4 rings (SSSR count). The number of ketones is 2. The summed E-state index contributed by atoms with van der Waals surface area (Å²) in [5.74, 6) is 0.268. The molecule has 0 fully saturated rings. The lowest BCUT2D eigenvalue weighted by Crippen LogP contribution is -2.52. The number of nitrogens with zero attached hydrogens (tertiary/aromatic N) is 1. The molecule has 0 saturated carbocycles. The maximum atomic E-state index is 12.8. The maximum absolute atomic E-state index is 12.8. The minimum absolute atomic E-state index is 0.0738. The Balaban J connectivity index is 1.57. The van der Waals surface area contributed by atoms with E-state index in [-0.39, 0.29) is 23.7 Å². The quantitative estimate of drug-likeness (QED) is 0.851. The van der Waals surface area contributed by atoms with E-state index in [1.807, 2.05) is 24.3 Å². The van der Waals surface area contributed by atoms with Gasteiger partial charge in [0.15, 0.2) is 11.6 Å². The fourth-order valence-electron chi connectivity index (χ4n) is 3.73. The first kappa shape index (κ1) is 16.6. The summed E-state index contributed by atoms with van der Waals surface area (Å²) in [6.07, 6.45) is 6.42. The number of hydrogen-bond acceptors (Lipinski definition) is 4. The van der Waals surface area contributed by atoms with E-state index in [1.54, 1.807) is 6.08 Å². The first-order chi connectivity index (χ1) is 12.1. The molecule has 25 heavy (non-hydrogen) atoms. The van der Waals surface area contributed by atoms with Gasteiger partial charge in [-0.15, -0.1) is 0 Å². The third-order valence-corrected chi connectivity index (χ3v) is 5.55. The Kier molecular flexibility index (Phi) is 4.52. The first-order valence-electron chi connectivity index (χ1n) is 8.63. The first-order valence-corrected chi connectivity index (χ1v) is 9.42. The molecule has 128 valence electrons. The van der Waals surface area contributed by atoms with Crippen molar-refractivity contribution in [3.05, 3.63) is 57.6 Å². The zero-order chi connectivity index (χ0) is 17.4. The Morgan fingerprint density at radius 2 is 2.00 bits per heavy atom. The minimum Gasteiger partial charge on any atom is -0.298 e. The van der Waals surface area contributed by atoms with Crippen LogP contribution in [0.15, 0.2) is 57.0 Å². The van der Waals surface area contributed by atoms with E-state index < -0.39 is 0 Å². The fraction of sp³-hybridized carbons (Fsp3) is 0.350. The number of aliphatic imine (C=N–C) groups is 1. The van der Waals surface area contributed by atoms with Crippen LogP contribution in [0.4, 0.5) is 0 Å². The standard InChI is InChI=1S/C20H19BrN2O2/c21-15-3-1-12(2-4-15)9-18(25)20-19-13(7-8-22-20)10-14-11-16(24)5-6-17(14)23-19/h1-4,10-11,17,19,23H,5-9H2. The van der Waals surface area contributed by atoms with Gasteiger partial charge in [-0.1, -0.05) is 34.1 Å². The maximum Gasteiger partial charge on any atom is 0.182 e. The number of nitrogens with one attached hydrogen (secondary N) is 1. The van der Waals surface area contributed by atoms with E-state index in [4.69, 9.17) is 0 Å². The van der Waals surface area contributed by atoms with Crippen molar-refractivity contribution in [1.82, 2.24) is 5.32 Å². The molecule has 5 heteroatoms. The smallest absolute Gasteiger partial charge is 0.182 e. The second-order valence-corrected chi connectivity index (χ2v) is 7.68. The summed E-state index contributed by atoms with van der Waals surface area (Å²) in [6, 6.07) is 7.87. The molecular formula is C20H19BrN2O2. The van der Waals surface area contributed by atoms with Gasteiger partial charge in [0, 0.05) is 29.9 Å². The van der Waals surface area contributed by atoms with Gasteiger partial charge in [0.2, 0.25) is 0 Å². The van der Waals surface area contributed by atoms with Crippen molar-refractivity contribution in [2.24, 2.45) is 4.99 Å². The molecular weight excluding hydrogens is 380 g/mol. The van der Waals surface area contributed by atoms with E-state index >= 15 is 0 Å². The van der Waals surface area contributed by atoms with Crippen molar-refractivity contribution < 1.29 is 9.59 Å². The van der Waals surface area contributed by atoms with E-state index in [1.165, 1.54) is 5.57 Å². The summed E-state index contributed by atoms with van der Waals surface area (Å²) >= 11 is 3.42. The average molecular weight is 399 g/mol. The predicted octanol–water partition coefficient (Wildman–Crippen LogP) is 2.96. The summed E-state index contributed by atoms with van der Waals surface area (Å²) in [7, 11) is 0. The molecule has 0 bridgehead atoms. The van der Waals surface area contributed by atoms with Crippen LogP contribution in [-0.2, 0) is 16.0 Å². The van der Waals surface area contributed by atoms with E-state index in [0.717, 1.165) is 28.5 Å². The summed E-state index contributed by atoms with van der Waals surface area (Å²) in [5, 5.41) is 3.56. The molecule has 2 heterocycles.